The lowest BCUT2D eigenvalue weighted by Gasteiger charge is -2.31. The van der Waals surface area contributed by atoms with Gasteiger partial charge in [-0.25, -0.2) is 4.98 Å². The first kappa shape index (κ1) is 15.3. The lowest BCUT2D eigenvalue weighted by Crippen LogP contribution is -2.50. The molecule has 118 valence electrons. The summed E-state index contributed by atoms with van der Waals surface area (Å²) < 4.78 is 15.2. The zero-order chi connectivity index (χ0) is 15.4. The summed E-state index contributed by atoms with van der Waals surface area (Å²) in [4.78, 5) is 16.4. The van der Waals surface area contributed by atoms with Gasteiger partial charge in [-0.2, -0.15) is 4.37 Å². The summed E-state index contributed by atoms with van der Waals surface area (Å²) in [7, 11) is 0. The van der Waals surface area contributed by atoms with Crippen molar-refractivity contribution in [2.24, 2.45) is 0 Å². The van der Waals surface area contributed by atoms with Crippen LogP contribution in [0, 0.1) is 0 Å². The van der Waals surface area contributed by atoms with Crippen LogP contribution in [-0.2, 0) is 16.1 Å². The molecule has 1 aliphatic heterocycles. The fourth-order valence-corrected chi connectivity index (χ4v) is 3.34. The van der Waals surface area contributed by atoms with Crippen LogP contribution in [0.5, 0.6) is 0 Å². The third-order valence-corrected chi connectivity index (χ3v) is 4.67. The summed E-state index contributed by atoms with van der Waals surface area (Å²) in [5.74, 6) is 0.0370. The largest absolute Gasteiger partial charge is 0.382 e. The normalized spacial score (nSPS) is 21.6. The average Bonchev–Trinajstić information content (AvgIpc) is 3.17. The van der Waals surface area contributed by atoms with Crippen molar-refractivity contribution in [3.63, 3.8) is 0 Å². The lowest BCUT2D eigenvalue weighted by molar-refractivity contribution is -0.0742. The summed E-state index contributed by atoms with van der Waals surface area (Å²) in [5, 5.41) is 6.55. The Balaban J connectivity index is 1.60. The van der Waals surface area contributed by atoms with Gasteiger partial charge in [-0.15, -0.1) is 11.3 Å². The molecule has 1 saturated heterocycles. The third kappa shape index (κ3) is 3.61. The second kappa shape index (κ2) is 7.14. The SMILES string of the molecule is Nc1nscc1C(=O)N[C@@H]1CCOC[C@H]1OCc1cscn1. The average molecular weight is 340 g/mol. The van der Waals surface area contributed by atoms with Crippen LogP contribution in [0.3, 0.4) is 0 Å². The van der Waals surface area contributed by atoms with Crippen LogP contribution < -0.4 is 11.1 Å². The number of carbonyl (C=O) groups excluding carboxylic acids is 1. The number of rotatable bonds is 5. The molecule has 2 aromatic heterocycles. The lowest BCUT2D eigenvalue weighted by atomic mass is 10.1. The Labute approximate surface area is 135 Å². The maximum Gasteiger partial charge on any atom is 0.256 e. The second-order valence-electron chi connectivity index (χ2n) is 4.89. The van der Waals surface area contributed by atoms with Gasteiger partial charge in [0.05, 0.1) is 36.0 Å². The molecule has 2 aromatic rings. The molecule has 0 saturated carbocycles. The Morgan fingerprint density at radius 1 is 1.55 bits per heavy atom. The van der Waals surface area contributed by atoms with Gasteiger partial charge in [0.25, 0.3) is 5.91 Å². The quantitative estimate of drug-likeness (QED) is 0.851. The van der Waals surface area contributed by atoms with Crippen molar-refractivity contribution in [1.29, 1.82) is 0 Å². The van der Waals surface area contributed by atoms with Gasteiger partial charge in [0.2, 0.25) is 0 Å². The first-order chi connectivity index (χ1) is 10.7. The Bertz CT molecular complexity index is 617. The molecule has 2 atom stereocenters. The zero-order valence-corrected chi connectivity index (χ0v) is 13.4. The Morgan fingerprint density at radius 3 is 3.18 bits per heavy atom. The molecule has 1 amide bonds. The van der Waals surface area contributed by atoms with Crippen LogP contribution in [0.2, 0.25) is 0 Å². The number of ether oxygens (including phenoxy) is 2. The summed E-state index contributed by atoms with van der Waals surface area (Å²) in [6, 6.07) is -0.112. The Morgan fingerprint density at radius 2 is 2.45 bits per heavy atom. The van der Waals surface area contributed by atoms with Crippen LogP contribution in [0.1, 0.15) is 22.5 Å². The molecular weight excluding hydrogens is 324 g/mol. The predicted molar refractivity (Wildman–Crippen MR) is 83.9 cm³/mol. The van der Waals surface area contributed by atoms with Crippen LogP contribution in [0.4, 0.5) is 5.82 Å². The highest BCUT2D eigenvalue weighted by atomic mass is 32.1. The molecule has 0 spiro atoms. The molecule has 0 radical (unpaired) electrons. The molecule has 1 fully saturated rings. The van der Waals surface area contributed by atoms with Crippen molar-refractivity contribution in [1.82, 2.24) is 14.7 Å². The van der Waals surface area contributed by atoms with E-state index < -0.39 is 0 Å². The fourth-order valence-electron chi connectivity index (χ4n) is 2.20. The van der Waals surface area contributed by atoms with Crippen LogP contribution >= 0.6 is 22.9 Å². The van der Waals surface area contributed by atoms with Gasteiger partial charge in [0.15, 0.2) is 0 Å². The van der Waals surface area contributed by atoms with Gasteiger partial charge in [0.1, 0.15) is 11.9 Å². The molecule has 0 aliphatic carbocycles. The smallest absolute Gasteiger partial charge is 0.256 e. The topological polar surface area (TPSA) is 99.4 Å². The number of nitrogens with two attached hydrogens (primary N) is 1. The van der Waals surface area contributed by atoms with E-state index in [1.54, 1.807) is 10.9 Å². The van der Waals surface area contributed by atoms with Gasteiger partial charge in [-0.1, -0.05) is 0 Å². The number of thiazole rings is 1. The first-order valence-electron chi connectivity index (χ1n) is 6.81. The van der Waals surface area contributed by atoms with Gasteiger partial charge < -0.3 is 20.5 Å². The fraction of sp³-hybridized carbons (Fsp3) is 0.462. The number of nitrogens with one attached hydrogen (secondary N) is 1. The van der Waals surface area contributed by atoms with Gasteiger partial charge in [-0.3, -0.25) is 4.79 Å². The van der Waals surface area contributed by atoms with E-state index in [0.29, 0.717) is 31.8 Å². The minimum atomic E-state index is -0.222. The van der Waals surface area contributed by atoms with E-state index in [4.69, 9.17) is 15.2 Å². The van der Waals surface area contributed by atoms with Crippen molar-refractivity contribution < 1.29 is 14.3 Å². The van der Waals surface area contributed by atoms with Gasteiger partial charge in [0, 0.05) is 17.4 Å². The van der Waals surface area contributed by atoms with Crippen molar-refractivity contribution in [2.45, 2.75) is 25.2 Å². The molecule has 22 heavy (non-hydrogen) atoms. The predicted octanol–water partition coefficient (Wildman–Crippen LogP) is 1.29. The standard InChI is InChI=1S/C13H16N4O3S2/c14-12-9(6-22-17-12)13(18)16-10-1-2-19-4-11(10)20-3-8-5-21-7-15-8/h5-7,10-11H,1-4H2,(H2,14,17)(H,16,18)/t10-,11-/m1/s1. The minimum absolute atomic E-state index is 0.112. The maximum atomic E-state index is 12.2. The highest BCUT2D eigenvalue weighted by molar-refractivity contribution is 7.07. The first-order valence-corrected chi connectivity index (χ1v) is 8.59. The summed E-state index contributed by atoms with van der Waals surface area (Å²) in [6.07, 6.45) is 0.498. The molecular formula is C13H16N4O3S2. The number of hydrogen-bond acceptors (Lipinski definition) is 8. The van der Waals surface area contributed by atoms with E-state index in [0.717, 1.165) is 5.69 Å². The number of anilines is 1. The number of nitrogens with zero attached hydrogens (tertiary/aromatic N) is 2. The molecule has 3 rings (SSSR count). The van der Waals surface area contributed by atoms with E-state index in [2.05, 4.69) is 14.7 Å². The highest BCUT2D eigenvalue weighted by Crippen LogP contribution is 2.17. The molecule has 0 aromatic carbocycles. The van der Waals surface area contributed by atoms with Crippen molar-refractivity contribution in [3.05, 3.63) is 27.5 Å². The number of hydrogen-bond donors (Lipinski definition) is 2. The summed E-state index contributed by atoms with van der Waals surface area (Å²) in [5.41, 5.74) is 8.74. The third-order valence-electron chi connectivity index (χ3n) is 3.39. The molecule has 3 N–H and O–H groups in total. The summed E-state index contributed by atoms with van der Waals surface area (Å²) >= 11 is 2.69. The molecule has 0 bridgehead atoms. The molecule has 9 heteroatoms. The van der Waals surface area contributed by atoms with Crippen LogP contribution in [0.15, 0.2) is 16.3 Å². The number of aromatic nitrogens is 2. The van der Waals surface area contributed by atoms with Crippen molar-refractivity contribution >= 4 is 34.6 Å². The molecule has 0 unspecified atom stereocenters. The van der Waals surface area contributed by atoms with E-state index >= 15 is 0 Å². The number of carbonyl (C=O) groups is 1. The Hall–Kier alpha value is -1.55. The zero-order valence-electron chi connectivity index (χ0n) is 11.7. The van der Waals surface area contributed by atoms with Crippen molar-refractivity contribution in [2.75, 3.05) is 18.9 Å². The second-order valence-corrected chi connectivity index (χ2v) is 6.23. The van der Waals surface area contributed by atoms with E-state index in [9.17, 15) is 4.79 Å². The Kier molecular flexibility index (Phi) is 4.98. The molecule has 1 aliphatic rings. The van der Waals surface area contributed by atoms with E-state index in [1.165, 1.54) is 22.9 Å². The monoisotopic (exact) mass is 340 g/mol. The molecule has 7 nitrogen and oxygen atoms in total. The van der Waals surface area contributed by atoms with Gasteiger partial charge >= 0.3 is 0 Å². The van der Waals surface area contributed by atoms with Crippen LogP contribution in [0.25, 0.3) is 0 Å². The van der Waals surface area contributed by atoms with E-state index in [1.807, 2.05) is 5.38 Å². The van der Waals surface area contributed by atoms with E-state index in [-0.39, 0.29) is 23.9 Å². The van der Waals surface area contributed by atoms with Crippen LogP contribution in [-0.4, -0.2) is 40.6 Å². The number of amides is 1. The highest BCUT2D eigenvalue weighted by Gasteiger charge is 2.29. The number of nitrogen functional groups attached to an aromatic ring is 1. The summed E-state index contributed by atoms with van der Waals surface area (Å²) in [6.45, 7) is 1.46. The van der Waals surface area contributed by atoms with Crippen molar-refractivity contribution in [3.8, 4) is 0 Å². The minimum Gasteiger partial charge on any atom is -0.382 e. The molecule has 3 heterocycles. The van der Waals surface area contributed by atoms with Gasteiger partial charge in [-0.05, 0) is 18.0 Å². The maximum absolute atomic E-state index is 12.2.